The van der Waals surface area contributed by atoms with E-state index in [2.05, 4.69) is 25.7 Å². The molecule has 1 atom stereocenters. The maximum atomic E-state index is 5.87. The first kappa shape index (κ1) is 13.0. The molecule has 1 aliphatic carbocycles. The standard InChI is InChI=1S/C13H28N2/c1-4-13(3,10-14)11-15(5-2)9-12-7-6-8-12/h12H,4-11,14H2,1-3H3. The molecule has 90 valence electrons. The van der Waals surface area contributed by atoms with Gasteiger partial charge < -0.3 is 10.6 Å². The quantitative estimate of drug-likeness (QED) is 0.702. The van der Waals surface area contributed by atoms with Gasteiger partial charge in [0.05, 0.1) is 0 Å². The second-order valence-electron chi connectivity index (χ2n) is 5.49. The summed E-state index contributed by atoms with van der Waals surface area (Å²) in [5, 5.41) is 0. The second kappa shape index (κ2) is 5.86. The molecule has 1 unspecified atom stereocenters. The monoisotopic (exact) mass is 212 g/mol. The molecule has 1 rings (SSSR count). The van der Waals surface area contributed by atoms with E-state index in [4.69, 9.17) is 5.73 Å². The van der Waals surface area contributed by atoms with Gasteiger partial charge in [0.1, 0.15) is 0 Å². The minimum atomic E-state index is 0.319. The van der Waals surface area contributed by atoms with Crippen LogP contribution in [0, 0.1) is 11.3 Å². The van der Waals surface area contributed by atoms with Gasteiger partial charge in [-0.2, -0.15) is 0 Å². The average molecular weight is 212 g/mol. The van der Waals surface area contributed by atoms with E-state index >= 15 is 0 Å². The lowest BCUT2D eigenvalue weighted by atomic mass is 9.83. The molecule has 1 saturated carbocycles. The predicted octanol–water partition coefficient (Wildman–Crippen LogP) is 2.48. The topological polar surface area (TPSA) is 29.3 Å². The van der Waals surface area contributed by atoms with Gasteiger partial charge in [0.15, 0.2) is 0 Å². The van der Waals surface area contributed by atoms with Crippen LogP contribution in [0.4, 0.5) is 0 Å². The second-order valence-corrected chi connectivity index (χ2v) is 5.49. The summed E-state index contributed by atoms with van der Waals surface area (Å²) in [5.74, 6) is 0.976. The van der Waals surface area contributed by atoms with Crippen molar-refractivity contribution in [3.05, 3.63) is 0 Å². The summed E-state index contributed by atoms with van der Waals surface area (Å²) in [5.41, 5.74) is 6.19. The highest BCUT2D eigenvalue weighted by molar-refractivity contribution is 4.80. The summed E-state index contributed by atoms with van der Waals surface area (Å²) in [6.45, 7) is 11.3. The Bertz CT molecular complexity index is 171. The average Bonchev–Trinajstić information content (AvgIpc) is 2.21. The number of nitrogens with two attached hydrogens (primary N) is 1. The van der Waals surface area contributed by atoms with Crippen LogP contribution in [0.1, 0.15) is 46.5 Å². The minimum absolute atomic E-state index is 0.319. The molecule has 0 aromatic carbocycles. The van der Waals surface area contributed by atoms with Crippen molar-refractivity contribution in [3.8, 4) is 0 Å². The lowest BCUT2D eigenvalue weighted by molar-refractivity contribution is 0.126. The highest BCUT2D eigenvalue weighted by atomic mass is 15.1. The summed E-state index contributed by atoms with van der Waals surface area (Å²) in [4.78, 5) is 2.60. The van der Waals surface area contributed by atoms with Crippen LogP contribution in [0.15, 0.2) is 0 Å². The molecule has 2 heteroatoms. The molecule has 2 N–H and O–H groups in total. The molecule has 0 saturated heterocycles. The lowest BCUT2D eigenvalue weighted by Crippen LogP contribution is -2.43. The van der Waals surface area contributed by atoms with Gasteiger partial charge in [-0.3, -0.25) is 0 Å². The molecule has 0 aromatic heterocycles. The largest absolute Gasteiger partial charge is 0.330 e. The lowest BCUT2D eigenvalue weighted by Gasteiger charge is -2.37. The highest BCUT2D eigenvalue weighted by Gasteiger charge is 2.26. The molecule has 1 fully saturated rings. The first-order valence-corrected chi connectivity index (χ1v) is 6.56. The van der Waals surface area contributed by atoms with Gasteiger partial charge in [0, 0.05) is 13.1 Å². The van der Waals surface area contributed by atoms with E-state index in [0.717, 1.165) is 12.5 Å². The Hall–Kier alpha value is -0.0800. The van der Waals surface area contributed by atoms with E-state index < -0.39 is 0 Å². The first-order chi connectivity index (χ1) is 7.13. The molecule has 1 aliphatic rings. The third-order valence-electron chi connectivity index (χ3n) is 4.14. The SMILES string of the molecule is CCN(CC1CCC1)CC(C)(CC)CN. The Morgan fingerprint density at radius 3 is 2.33 bits per heavy atom. The van der Waals surface area contributed by atoms with Crippen LogP contribution >= 0.6 is 0 Å². The molecular formula is C13H28N2. The van der Waals surface area contributed by atoms with Crippen molar-refractivity contribution >= 4 is 0 Å². The molecule has 0 amide bonds. The fraction of sp³-hybridized carbons (Fsp3) is 1.00. The van der Waals surface area contributed by atoms with Crippen molar-refractivity contribution in [2.24, 2.45) is 17.1 Å². The van der Waals surface area contributed by atoms with Crippen molar-refractivity contribution in [1.29, 1.82) is 0 Å². The van der Waals surface area contributed by atoms with E-state index in [1.807, 2.05) is 0 Å². The van der Waals surface area contributed by atoms with Gasteiger partial charge in [0.2, 0.25) is 0 Å². The summed E-state index contributed by atoms with van der Waals surface area (Å²) in [7, 11) is 0. The van der Waals surface area contributed by atoms with Crippen LogP contribution in [0.2, 0.25) is 0 Å². The van der Waals surface area contributed by atoms with Gasteiger partial charge in [0.25, 0.3) is 0 Å². The minimum Gasteiger partial charge on any atom is -0.330 e. The fourth-order valence-corrected chi connectivity index (χ4v) is 2.21. The molecule has 0 bridgehead atoms. The predicted molar refractivity (Wildman–Crippen MR) is 66.9 cm³/mol. The Morgan fingerprint density at radius 2 is 2.00 bits per heavy atom. The summed E-state index contributed by atoms with van der Waals surface area (Å²) >= 11 is 0. The Morgan fingerprint density at radius 1 is 1.33 bits per heavy atom. The zero-order valence-corrected chi connectivity index (χ0v) is 10.8. The van der Waals surface area contributed by atoms with E-state index in [1.165, 1.54) is 45.3 Å². The number of hydrogen-bond acceptors (Lipinski definition) is 2. The van der Waals surface area contributed by atoms with E-state index in [1.54, 1.807) is 0 Å². The van der Waals surface area contributed by atoms with E-state index in [-0.39, 0.29) is 0 Å². The maximum Gasteiger partial charge on any atom is 0.00473 e. The van der Waals surface area contributed by atoms with E-state index in [0.29, 0.717) is 5.41 Å². The zero-order chi connectivity index (χ0) is 11.3. The van der Waals surface area contributed by atoms with Crippen LogP contribution < -0.4 is 5.73 Å². The van der Waals surface area contributed by atoms with Crippen LogP contribution in [0.5, 0.6) is 0 Å². The van der Waals surface area contributed by atoms with Gasteiger partial charge in [-0.1, -0.05) is 27.2 Å². The molecule has 0 radical (unpaired) electrons. The molecule has 0 aliphatic heterocycles. The highest BCUT2D eigenvalue weighted by Crippen LogP contribution is 2.28. The van der Waals surface area contributed by atoms with Crippen molar-refractivity contribution in [1.82, 2.24) is 4.90 Å². The third-order valence-corrected chi connectivity index (χ3v) is 4.14. The van der Waals surface area contributed by atoms with E-state index in [9.17, 15) is 0 Å². The smallest absolute Gasteiger partial charge is 0.00473 e. The number of nitrogens with zero attached hydrogens (tertiary/aromatic N) is 1. The normalized spacial score (nSPS) is 21.4. The fourth-order valence-electron chi connectivity index (χ4n) is 2.21. The molecular weight excluding hydrogens is 184 g/mol. The summed E-state index contributed by atoms with van der Waals surface area (Å²) in [6.07, 6.45) is 5.53. The molecule has 15 heavy (non-hydrogen) atoms. The van der Waals surface area contributed by atoms with Crippen molar-refractivity contribution in [2.75, 3.05) is 26.2 Å². The van der Waals surface area contributed by atoms with Crippen molar-refractivity contribution in [2.45, 2.75) is 46.5 Å². The Labute approximate surface area is 95.2 Å². The zero-order valence-electron chi connectivity index (χ0n) is 10.8. The Balaban J connectivity index is 2.36. The van der Waals surface area contributed by atoms with Crippen molar-refractivity contribution < 1.29 is 0 Å². The molecule has 0 aromatic rings. The summed E-state index contributed by atoms with van der Waals surface area (Å²) < 4.78 is 0. The molecule has 0 spiro atoms. The van der Waals surface area contributed by atoms with Crippen LogP contribution in [0.25, 0.3) is 0 Å². The third kappa shape index (κ3) is 3.76. The van der Waals surface area contributed by atoms with Crippen molar-refractivity contribution in [3.63, 3.8) is 0 Å². The maximum absolute atomic E-state index is 5.87. The number of rotatable bonds is 7. The van der Waals surface area contributed by atoms with Gasteiger partial charge in [-0.05, 0) is 43.7 Å². The Kier molecular flexibility index (Phi) is 5.07. The van der Waals surface area contributed by atoms with Crippen LogP contribution in [-0.2, 0) is 0 Å². The molecule has 2 nitrogen and oxygen atoms in total. The van der Waals surface area contributed by atoms with Gasteiger partial charge in [-0.15, -0.1) is 0 Å². The first-order valence-electron chi connectivity index (χ1n) is 6.56. The van der Waals surface area contributed by atoms with Crippen LogP contribution in [0.3, 0.4) is 0 Å². The molecule has 0 heterocycles. The van der Waals surface area contributed by atoms with Gasteiger partial charge in [-0.25, -0.2) is 0 Å². The van der Waals surface area contributed by atoms with Crippen LogP contribution in [-0.4, -0.2) is 31.1 Å². The van der Waals surface area contributed by atoms with Gasteiger partial charge >= 0.3 is 0 Å². The summed E-state index contributed by atoms with van der Waals surface area (Å²) in [6, 6.07) is 0. The number of hydrogen-bond donors (Lipinski definition) is 1.